The van der Waals surface area contributed by atoms with Gasteiger partial charge >= 0.3 is 5.97 Å². The highest BCUT2D eigenvalue weighted by Crippen LogP contribution is 2.21. The van der Waals surface area contributed by atoms with Crippen molar-refractivity contribution in [1.82, 2.24) is 0 Å². The highest BCUT2D eigenvalue weighted by molar-refractivity contribution is 7.80. The molecule has 0 amide bonds. The van der Waals surface area contributed by atoms with Crippen molar-refractivity contribution < 1.29 is 39.8 Å². The summed E-state index contributed by atoms with van der Waals surface area (Å²) < 4.78 is 10.1. The maximum atomic E-state index is 11.3. The molecule has 0 aliphatic carbocycles. The maximum absolute atomic E-state index is 11.3. The maximum Gasteiger partial charge on any atom is 0.306 e. The van der Waals surface area contributed by atoms with Gasteiger partial charge in [-0.15, -0.1) is 0 Å². The van der Waals surface area contributed by atoms with Gasteiger partial charge in [0.1, 0.15) is 17.8 Å². The van der Waals surface area contributed by atoms with Gasteiger partial charge in [-0.3, -0.25) is 4.79 Å². The first-order valence-corrected chi connectivity index (χ1v) is 6.61. The van der Waals surface area contributed by atoms with Crippen molar-refractivity contribution in [2.45, 2.75) is 17.6 Å². The molecule has 0 aromatic rings. The average molecular weight is 314 g/mol. The summed E-state index contributed by atoms with van der Waals surface area (Å²) in [4.78, 5) is 11.3. The van der Waals surface area contributed by atoms with E-state index in [9.17, 15) is 15.0 Å². The van der Waals surface area contributed by atoms with Gasteiger partial charge < -0.3 is 35.0 Å². The number of hydrogen-bond donors (Lipinski definition) is 6. The van der Waals surface area contributed by atoms with E-state index in [1.807, 2.05) is 0 Å². The van der Waals surface area contributed by atoms with Crippen molar-refractivity contribution in [3.8, 4) is 0 Å². The number of carbonyl (C=O) groups is 1. The zero-order valence-electron chi connectivity index (χ0n) is 11.1. The first-order chi connectivity index (χ1) is 9.46. The minimum absolute atomic E-state index is 0.0428. The Morgan fingerprint density at radius 2 is 1.35 bits per heavy atom. The van der Waals surface area contributed by atoms with Crippen LogP contribution in [0.1, 0.15) is 6.42 Å². The number of thiol groups is 1. The molecule has 0 aromatic carbocycles. The predicted octanol–water partition coefficient (Wildman–Crippen LogP) is -2.69. The molecule has 0 rings (SSSR count). The zero-order chi connectivity index (χ0) is 15.6. The van der Waals surface area contributed by atoms with Crippen LogP contribution in [0.25, 0.3) is 0 Å². The highest BCUT2D eigenvalue weighted by atomic mass is 32.1. The lowest BCUT2D eigenvalue weighted by Gasteiger charge is -2.39. The van der Waals surface area contributed by atoms with Crippen molar-refractivity contribution in [3.05, 3.63) is 0 Å². The van der Waals surface area contributed by atoms with Crippen molar-refractivity contribution in [1.29, 1.82) is 0 Å². The van der Waals surface area contributed by atoms with Crippen LogP contribution in [0.2, 0.25) is 0 Å². The van der Waals surface area contributed by atoms with Gasteiger partial charge in [0, 0.05) is 5.75 Å². The molecule has 5 N–H and O–H groups in total. The summed E-state index contributed by atoms with van der Waals surface area (Å²) in [6, 6.07) is 0. The zero-order valence-corrected chi connectivity index (χ0v) is 12.0. The molecule has 9 heteroatoms. The Morgan fingerprint density at radius 1 is 0.900 bits per heavy atom. The second kappa shape index (κ2) is 9.50. The Balaban J connectivity index is 4.86. The highest BCUT2D eigenvalue weighted by Gasteiger charge is 2.42. The van der Waals surface area contributed by atoms with Crippen LogP contribution in [-0.4, -0.2) is 88.1 Å². The fraction of sp³-hybridized carbons (Fsp3) is 0.909. The van der Waals surface area contributed by atoms with E-state index in [0.717, 1.165) is 0 Å². The van der Waals surface area contributed by atoms with Gasteiger partial charge in [0.05, 0.1) is 39.5 Å². The number of carbonyl (C=O) groups excluding carboxylic acids is 1. The molecule has 20 heavy (non-hydrogen) atoms. The van der Waals surface area contributed by atoms with E-state index < -0.39 is 56.8 Å². The lowest BCUT2D eigenvalue weighted by Crippen LogP contribution is -2.57. The van der Waals surface area contributed by atoms with Crippen LogP contribution in [0.3, 0.4) is 0 Å². The van der Waals surface area contributed by atoms with Crippen LogP contribution in [0.4, 0.5) is 0 Å². The van der Waals surface area contributed by atoms with Gasteiger partial charge in [0.15, 0.2) is 0 Å². The summed E-state index contributed by atoms with van der Waals surface area (Å²) in [5, 5.41) is 46.2. The Morgan fingerprint density at radius 3 is 1.70 bits per heavy atom. The largest absolute Gasteiger partial charge is 0.462 e. The number of rotatable bonds is 11. The quantitative estimate of drug-likeness (QED) is 0.179. The van der Waals surface area contributed by atoms with Crippen LogP contribution in [0, 0.1) is 0 Å². The molecule has 0 radical (unpaired) electrons. The van der Waals surface area contributed by atoms with Gasteiger partial charge in [-0.1, -0.05) is 0 Å². The van der Waals surface area contributed by atoms with Crippen LogP contribution in [0.5, 0.6) is 0 Å². The Hall–Kier alpha value is -0.420. The van der Waals surface area contributed by atoms with Crippen LogP contribution in [0.15, 0.2) is 0 Å². The van der Waals surface area contributed by atoms with E-state index in [1.54, 1.807) is 0 Å². The molecule has 8 nitrogen and oxygen atoms in total. The summed E-state index contributed by atoms with van der Waals surface area (Å²) in [5.41, 5.74) is -3.50. The number of esters is 1. The monoisotopic (exact) mass is 314 g/mol. The lowest BCUT2D eigenvalue weighted by atomic mass is 10.0. The lowest BCUT2D eigenvalue weighted by molar-refractivity contribution is -0.242. The molecule has 0 spiro atoms. The van der Waals surface area contributed by atoms with Gasteiger partial charge in [-0.25, -0.2) is 0 Å². The molecular formula is C11H22O8S. The molecule has 0 bridgehead atoms. The van der Waals surface area contributed by atoms with Crippen molar-refractivity contribution in [2.24, 2.45) is 0 Å². The van der Waals surface area contributed by atoms with E-state index >= 15 is 0 Å². The normalized spacial score (nSPS) is 12.5. The first-order valence-electron chi connectivity index (χ1n) is 5.98. The van der Waals surface area contributed by atoms with Crippen molar-refractivity contribution in [3.63, 3.8) is 0 Å². The molecule has 0 aromatic heterocycles. The fourth-order valence-corrected chi connectivity index (χ4v) is 1.50. The second-order valence-corrected chi connectivity index (χ2v) is 4.84. The van der Waals surface area contributed by atoms with Crippen molar-refractivity contribution in [2.75, 3.05) is 45.4 Å². The third-order valence-electron chi connectivity index (χ3n) is 2.69. The number of ether oxygens (including phenoxy) is 2. The second-order valence-electron chi connectivity index (χ2n) is 4.39. The van der Waals surface area contributed by atoms with Gasteiger partial charge in [-0.2, -0.15) is 12.6 Å². The average Bonchev–Trinajstić information content (AvgIpc) is 2.49. The van der Waals surface area contributed by atoms with Crippen LogP contribution in [-0.2, 0) is 14.3 Å². The first kappa shape index (κ1) is 19.6. The van der Waals surface area contributed by atoms with E-state index in [1.165, 1.54) is 0 Å². The summed E-state index contributed by atoms with van der Waals surface area (Å²) in [5.74, 6) is -0.323. The Bertz CT molecular complexity index is 269. The number of hydrogen-bond acceptors (Lipinski definition) is 9. The molecular weight excluding hydrogens is 292 g/mol. The molecule has 0 atom stereocenters. The van der Waals surface area contributed by atoms with Gasteiger partial charge in [0.25, 0.3) is 0 Å². The Labute approximate surface area is 122 Å². The molecule has 120 valence electrons. The van der Waals surface area contributed by atoms with Gasteiger partial charge in [0.2, 0.25) is 0 Å². The summed E-state index contributed by atoms with van der Waals surface area (Å²) >= 11 is 3.86. The van der Waals surface area contributed by atoms with Crippen LogP contribution < -0.4 is 0 Å². The molecule has 0 aliphatic heterocycles. The fourth-order valence-electron chi connectivity index (χ4n) is 1.32. The Kier molecular flexibility index (Phi) is 9.30. The molecule has 0 saturated carbocycles. The summed E-state index contributed by atoms with van der Waals surface area (Å²) in [6.07, 6.45) is 0.0428. The van der Waals surface area contributed by atoms with E-state index in [2.05, 4.69) is 12.6 Å². The van der Waals surface area contributed by atoms with E-state index in [4.69, 9.17) is 24.8 Å². The van der Waals surface area contributed by atoms with Gasteiger partial charge in [-0.05, 0) is 0 Å². The molecule has 0 aliphatic rings. The van der Waals surface area contributed by atoms with E-state index in [-0.39, 0.29) is 12.2 Å². The SMILES string of the molecule is O=C(CCS)OCC(CO)(CO)OC(CO)(CO)CO. The smallest absolute Gasteiger partial charge is 0.306 e. The molecule has 0 fully saturated rings. The van der Waals surface area contributed by atoms with E-state index in [0.29, 0.717) is 0 Å². The standard InChI is InChI=1S/C11H22O8S/c12-3-10(4-13,5-14)19-11(6-15,7-16)8-18-9(17)1-2-20/h12-16,20H,1-8H2. The summed E-state index contributed by atoms with van der Waals surface area (Å²) in [7, 11) is 0. The predicted molar refractivity (Wildman–Crippen MR) is 71.4 cm³/mol. The third kappa shape index (κ3) is 5.52. The number of aliphatic hydroxyl groups is 5. The molecule has 0 heterocycles. The minimum atomic E-state index is -1.76. The number of aliphatic hydroxyl groups excluding tert-OH is 5. The topological polar surface area (TPSA) is 137 Å². The third-order valence-corrected chi connectivity index (χ3v) is 2.91. The molecule has 0 saturated heterocycles. The molecule has 0 unspecified atom stereocenters. The van der Waals surface area contributed by atoms with Crippen molar-refractivity contribution >= 4 is 18.6 Å². The minimum Gasteiger partial charge on any atom is -0.462 e. The summed E-state index contributed by atoms with van der Waals surface area (Å²) in [6.45, 7) is -4.20. The van der Waals surface area contributed by atoms with Crippen LogP contribution >= 0.6 is 12.6 Å².